The second-order valence-electron chi connectivity index (χ2n) is 7.09. The number of hydrogen-bond donors (Lipinski definition) is 2. The highest BCUT2D eigenvalue weighted by Crippen LogP contribution is 2.26. The molecule has 0 unspecified atom stereocenters. The summed E-state index contributed by atoms with van der Waals surface area (Å²) in [5.41, 5.74) is 3.19. The first-order valence-corrected chi connectivity index (χ1v) is 9.83. The molecule has 27 heavy (non-hydrogen) atoms. The van der Waals surface area contributed by atoms with E-state index in [1.54, 1.807) is 0 Å². The maximum absolute atomic E-state index is 12.4. The second kappa shape index (κ2) is 9.42. The summed E-state index contributed by atoms with van der Waals surface area (Å²) in [6.45, 7) is 10.1. The molecular formula is C22H30N4O. The Balaban J connectivity index is 1.57. The number of piperazine rings is 1. The number of hydrogen-bond acceptors (Lipinski definition) is 3. The molecule has 1 heterocycles. The van der Waals surface area contributed by atoms with Gasteiger partial charge < -0.3 is 20.4 Å². The zero-order valence-corrected chi connectivity index (χ0v) is 16.3. The molecular weight excluding hydrogens is 336 g/mol. The van der Waals surface area contributed by atoms with Gasteiger partial charge in [-0.05, 0) is 30.2 Å². The number of nitrogens with zero attached hydrogens (tertiary/aromatic N) is 2. The number of urea groups is 1. The molecule has 1 saturated heterocycles. The average Bonchev–Trinajstić information content (AvgIpc) is 2.73. The molecule has 0 aliphatic carbocycles. The van der Waals surface area contributed by atoms with Crippen LogP contribution in [0, 0.1) is 0 Å². The van der Waals surface area contributed by atoms with E-state index in [9.17, 15) is 4.79 Å². The van der Waals surface area contributed by atoms with Crippen LogP contribution < -0.4 is 15.5 Å². The van der Waals surface area contributed by atoms with Gasteiger partial charge in [-0.25, -0.2) is 4.79 Å². The van der Waals surface area contributed by atoms with E-state index in [2.05, 4.69) is 52.5 Å². The third-order valence-corrected chi connectivity index (χ3v) is 5.25. The highest BCUT2D eigenvalue weighted by molar-refractivity contribution is 5.93. The number of nitrogens with one attached hydrogen (secondary N) is 2. The number of anilines is 2. The number of likely N-dealkylation sites (N-methyl/N-ethyl adjacent to an activating group) is 1. The van der Waals surface area contributed by atoms with Crippen molar-refractivity contribution >= 4 is 17.4 Å². The van der Waals surface area contributed by atoms with Crippen molar-refractivity contribution in [1.82, 2.24) is 10.2 Å². The third kappa shape index (κ3) is 5.23. The minimum Gasteiger partial charge on any atom is -0.367 e. The minimum absolute atomic E-state index is 0.155. The lowest BCUT2D eigenvalue weighted by Gasteiger charge is -2.36. The van der Waals surface area contributed by atoms with E-state index in [0.29, 0.717) is 6.54 Å². The maximum Gasteiger partial charge on any atom is 0.319 e. The molecule has 5 nitrogen and oxygen atoms in total. The maximum atomic E-state index is 12.4. The van der Waals surface area contributed by atoms with Crippen molar-refractivity contribution < 1.29 is 4.79 Å². The van der Waals surface area contributed by atoms with Gasteiger partial charge in [-0.15, -0.1) is 0 Å². The zero-order chi connectivity index (χ0) is 19.1. The van der Waals surface area contributed by atoms with Crippen LogP contribution in [0.3, 0.4) is 0 Å². The Morgan fingerprint density at radius 2 is 1.67 bits per heavy atom. The molecule has 1 atom stereocenters. The fourth-order valence-corrected chi connectivity index (χ4v) is 3.47. The van der Waals surface area contributed by atoms with Gasteiger partial charge in [-0.1, -0.05) is 56.3 Å². The van der Waals surface area contributed by atoms with E-state index < -0.39 is 0 Å². The Hall–Kier alpha value is -2.53. The van der Waals surface area contributed by atoms with Crippen LogP contribution in [0.15, 0.2) is 54.6 Å². The fourth-order valence-electron chi connectivity index (χ4n) is 3.47. The normalized spacial score (nSPS) is 16.0. The van der Waals surface area contributed by atoms with E-state index in [-0.39, 0.29) is 11.9 Å². The van der Waals surface area contributed by atoms with Crippen molar-refractivity contribution in [3.63, 3.8) is 0 Å². The Morgan fingerprint density at radius 3 is 2.37 bits per heavy atom. The van der Waals surface area contributed by atoms with Crippen LogP contribution in [0.4, 0.5) is 16.2 Å². The number of carbonyl (C=O) groups excluding carboxylic acids is 1. The summed E-state index contributed by atoms with van der Waals surface area (Å²) in [6.07, 6.45) is 0. The Bertz CT molecular complexity index is 726. The predicted octanol–water partition coefficient (Wildman–Crippen LogP) is 3.75. The molecule has 0 bridgehead atoms. The lowest BCUT2D eigenvalue weighted by Crippen LogP contribution is -2.46. The van der Waals surface area contributed by atoms with E-state index >= 15 is 0 Å². The number of rotatable bonds is 6. The Kier molecular flexibility index (Phi) is 6.71. The Labute approximate surface area is 162 Å². The van der Waals surface area contributed by atoms with Gasteiger partial charge in [-0.2, -0.15) is 0 Å². The molecule has 1 aliphatic heterocycles. The summed E-state index contributed by atoms with van der Waals surface area (Å²) in [5, 5.41) is 6.03. The van der Waals surface area contributed by atoms with Gasteiger partial charge >= 0.3 is 6.03 Å². The van der Waals surface area contributed by atoms with Crippen molar-refractivity contribution in [2.75, 3.05) is 49.5 Å². The summed E-state index contributed by atoms with van der Waals surface area (Å²) >= 11 is 0. The number of carbonyl (C=O) groups is 1. The molecule has 0 spiro atoms. The average molecular weight is 367 g/mol. The minimum atomic E-state index is -0.155. The molecule has 0 saturated carbocycles. The van der Waals surface area contributed by atoms with Gasteiger partial charge in [0.25, 0.3) is 0 Å². The first-order chi connectivity index (χ1) is 13.2. The van der Waals surface area contributed by atoms with Crippen LogP contribution in [0.25, 0.3) is 0 Å². The summed E-state index contributed by atoms with van der Waals surface area (Å²) in [4.78, 5) is 17.2. The van der Waals surface area contributed by atoms with Crippen molar-refractivity contribution in [2.24, 2.45) is 0 Å². The second-order valence-corrected chi connectivity index (χ2v) is 7.09. The van der Waals surface area contributed by atoms with Gasteiger partial charge in [0.2, 0.25) is 0 Å². The van der Waals surface area contributed by atoms with Crippen LogP contribution in [0.2, 0.25) is 0 Å². The molecule has 3 rings (SSSR count). The number of benzene rings is 2. The molecule has 5 heteroatoms. The molecule has 2 aromatic rings. The van der Waals surface area contributed by atoms with Gasteiger partial charge in [0.1, 0.15) is 0 Å². The third-order valence-electron chi connectivity index (χ3n) is 5.25. The van der Waals surface area contributed by atoms with Gasteiger partial charge in [0, 0.05) is 32.7 Å². The lowest BCUT2D eigenvalue weighted by atomic mass is 10.0. The first-order valence-electron chi connectivity index (χ1n) is 9.83. The number of amides is 2. The van der Waals surface area contributed by atoms with E-state index in [4.69, 9.17) is 0 Å². The van der Waals surface area contributed by atoms with Crippen molar-refractivity contribution in [1.29, 1.82) is 0 Å². The predicted molar refractivity (Wildman–Crippen MR) is 113 cm³/mol. The number of para-hydroxylation sites is 2. The van der Waals surface area contributed by atoms with Crippen LogP contribution in [-0.4, -0.2) is 50.2 Å². The van der Waals surface area contributed by atoms with Crippen molar-refractivity contribution in [3.05, 3.63) is 60.2 Å². The monoisotopic (exact) mass is 366 g/mol. The SMILES string of the molecule is CCN1CCN(c2ccccc2NC(=O)NC[C@@H](C)c2ccccc2)CC1. The summed E-state index contributed by atoms with van der Waals surface area (Å²) < 4.78 is 0. The largest absolute Gasteiger partial charge is 0.367 e. The molecule has 1 aliphatic rings. The molecule has 2 amide bonds. The zero-order valence-electron chi connectivity index (χ0n) is 16.3. The standard InChI is InChI=1S/C22H30N4O/c1-3-25-13-15-26(16-14-25)21-12-8-7-11-20(21)24-22(27)23-17-18(2)19-9-5-4-6-10-19/h4-12,18H,3,13-17H2,1-2H3,(H2,23,24,27)/t18-/m1/s1. The quantitative estimate of drug-likeness (QED) is 0.818. The van der Waals surface area contributed by atoms with Gasteiger partial charge in [0.15, 0.2) is 0 Å². The lowest BCUT2D eigenvalue weighted by molar-refractivity contribution is 0.251. The van der Waals surface area contributed by atoms with Crippen molar-refractivity contribution in [3.8, 4) is 0 Å². The summed E-state index contributed by atoms with van der Waals surface area (Å²) in [6, 6.07) is 18.2. The summed E-state index contributed by atoms with van der Waals surface area (Å²) in [7, 11) is 0. The van der Waals surface area contributed by atoms with Crippen LogP contribution >= 0.6 is 0 Å². The molecule has 0 aromatic heterocycles. The molecule has 1 fully saturated rings. The molecule has 2 aromatic carbocycles. The highest BCUT2D eigenvalue weighted by atomic mass is 16.2. The van der Waals surface area contributed by atoms with Crippen LogP contribution in [0.1, 0.15) is 25.3 Å². The first kappa shape index (κ1) is 19.2. The van der Waals surface area contributed by atoms with Gasteiger partial charge in [0.05, 0.1) is 11.4 Å². The van der Waals surface area contributed by atoms with E-state index in [1.807, 2.05) is 36.4 Å². The van der Waals surface area contributed by atoms with Crippen LogP contribution in [0.5, 0.6) is 0 Å². The highest BCUT2D eigenvalue weighted by Gasteiger charge is 2.18. The van der Waals surface area contributed by atoms with E-state index in [1.165, 1.54) is 5.56 Å². The molecule has 144 valence electrons. The van der Waals surface area contributed by atoms with Gasteiger partial charge in [-0.3, -0.25) is 0 Å². The smallest absolute Gasteiger partial charge is 0.319 e. The van der Waals surface area contributed by atoms with Crippen LogP contribution in [-0.2, 0) is 0 Å². The molecule has 0 radical (unpaired) electrons. The van der Waals surface area contributed by atoms with Crippen molar-refractivity contribution in [2.45, 2.75) is 19.8 Å². The summed E-state index contributed by atoms with van der Waals surface area (Å²) in [5.74, 6) is 0.273. The topological polar surface area (TPSA) is 47.6 Å². The molecule has 2 N–H and O–H groups in total. The van der Waals surface area contributed by atoms with E-state index in [0.717, 1.165) is 44.1 Å². The Morgan fingerprint density at radius 1 is 1.00 bits per heavy atom. The fraction of sp³-hybridized carbons (Fsp3) is 0.409.